The van der Waals surface area contributed by atoms with Crippen molar-refractivity contribution < 1.29 is 13.2 Å². The standard InChI is InChI=1S/C13H13NO3S2/c1-18-12-7-5-11(6-8-12)17-10-19(15,16)13-4-2-3-9-14-13/h2-9H,10H2,1H3. The van der Waals surface area contributed by atoms with Crippen LogP contribution >= 0.6 is 11.8 Å². The Morgan fingerprint density at radius 2 is 1.89 bits per heavy atom. The molecule has 0 fully saturated rings. The number of pyridine rings is 1. The highest BCUT2D eigenvalue weighted by Crippen LogP contribution is 2.19. The zero-order valence-corrected chi connectivity index (χ0v) is 11.9. The van der Waals surface area contributed by atoms with Crippen LogP contribution in [-0.4, -0.2) is 25.6 Å². The molecule has 0 bridgehead atoms. The van der Waals surface area contributed by atoms with Crippen LogP contribution in [0.5, 0.6) is 5.75 Å². The first-order valence-corrected chi connectivity index (χ1v) is 8.40. The van der Waals surface area contributed by atoms with E-state index in [0.29, 0.717) is 5.75 Å². The normalized spacial score (nSPS) is 11.2. The average Bonchev–Trinajstić information content (AvgIpc) is 2.47. The van der Waals surface area contributed by atoms with Gasteiger partial charge in [-0.2, -0.15) is 0 Å². The first-order valence-electron chi connectivity index (χ1n) is 5.52. The number of aromatic nitrogens is 1. The molecule has 100 valence electrons. The number of ether oxygens (including phenoxy) is 1. The van der Waals surface area contributed by atoms with Gasteiger partial charge >= 0.3 is 0 Å². The van der Waals surface area contributed by atoms with Gasteiger partial charge in [-0.05, 0) is 42.7 Å². The molecule has 1 heterocycles. The predicted octanol–water partition coefficient (Wildman–Crippen LogP) is 2.61. The lowest BCUT2D eigenvalue weighted by Crippen LogP contribution is -2.13. The third-order valence-electron chi connectivity index (χ3n) is 2.40. The zero-order chi connectivity index (χ0) is 13.7. The average molecular weight is 295 g/mol. The number of thioether (sulfide) groups is 1. The summed E-state index contributed by atoms with van der Waals surface area (Å²) < 4.78 is 29.2. The summed E-state index contributed by atoms with van der Waals surface area (Å²) in [7, 11) is -3.51. The monoisotopic (exact) mass is 295 g/mol. The minimum absolute atomic E-state index is 0.0238. The van der Waals surface area contributed by atoms with E-state index in [9.17, 15) is 8.42 Å². The summed E-state index contributed by atoms with van der Waals surface area (Å²) in [6.45, 7) is 0. The van der Waals surface area contributed by atoms with Crippen molar-refractivity contribution in [3.05, 3.63) is 48.7 Å². The highest BCUT2D eigenvalue weighted by atomic mass is 32.2. The summed E-state index contributed by atoms with van der Waals surface area (Å²) in [6, 6.07) is 12.0. The molecule has 6 heteroatoms. The molecule has 0 saturated carbocycles. The molecule has 0 aliphatic heterocycles. The fourth-order valence-corrected chi connectivity index (χ4v) is 2.74. The summed E-state index contributed by atoms with van der Waals surface area (Å²) >= 11 is 1.61. The molecule has 0 spiro atoms. The molecule has 1 aromatic carbocycles. The molecule has 0 aliphatic carbocycles. The lowest BCUT2D eigenvalue weighted by Gasteiger charge is -2.07. The molecule has 2 rings (SSSR count). The Balaban J connectivity index is 2.05. The summed E-state index contributed by atoms with van der Waals surface area (Å²) in [4.78, 5) is 4.92. The second-order valence-electron chi connectivity index (χ2n) is 3.72. The highest BCUT2D eigenvalue weighted by molar-refractivity contribution is 7.98. The molecular formula is C13H13NO3S2. The van der Waals surface area contributed by atoms with E-state index in [1.807, 2.05) is 18.4 Å². The Morgan fingerprint density at radius 1 is 1.16 bits per heavy atom. The third-order valence-corrected chi connectivity index (χ3v) is 4.45. The van der Waals surface area contributed by atoms with Crippen LogP contribution in [0.4, 0.5) is 0 Å². The molecule has 0 aliphatic rings. The molecular weight excluding hydrogens is 282 g/mol. The largest absolute Gasteiger partial charge is 0.477 e. The van der Waals surface area contributed by atoms with E-state index < -0.39 is 15.8 Å². The number of nitrogens with zero attached hydrogens (tertiary/aromatic N) is 1. The first kappa shape index (κ1) is 13.9. The topological polar surface area (TPSA) is 56.3 Å². The first-order chi connectivity index (χ1) is 9.12. The van der Waals surface area contributed by atoms with Gasteiger partial charge in [0.05, 0.1) is 0 Å². The van der Waals surface area contributed by atoms with Gasteiger partial charge in [0.15, 0.2) is 11.0 Å². The van der Waals surface area contributed by atoms with Crippen molar-refractivity contribution in [1.82, 2.24) is 4.98 Å². The van der Waals surface area contributed by atoms with Gasteiger partial charge in [0, 0.05) is 11.1 Å². The molecule has 1 aromatic heterocycles. The van der Waals surface area contributed by atoms with Crippen molar-refractivity contribution in [2.24, 2.45) is 0 Å². The molecule has 0 radical (unpaired) electrons. The van der Waals surface area contributed by atoms with Crippen LogP contribution in [0, 0.1) is 0 Å². The van der Waals surface area contributed by atoms with Crippen molar-refractivity contribution in [2.45, 2.75) is 9.92 Å². The molecule has 0 N–H and O–H groups in total. The van der Waals surface area contributed by atoms with E-state index in [2.05, 4.69) is 4.98 Å². The quantitative estimate of drug-likeness (QED) is 0.794. The van der Waals surface area contributed by atoms with Gasteiger partial charge in [-0.1, -0.05) is 6.07 Å². The lowest BCUT2D eigenvalue weighted by atomic mass is 10.3. The van der Waals surface area contributed by atoms with Gasteiger partial charge < -0.3 is 4.74 Å². The van der Waals surface area contributed by atoms with Gasteiger partial charge in [0.25, 0.3) is 0 Å². The zero-order valence-electron chi connectivity index (χ0n) is 10.3. The van der Waals surface area contributed by atoms with Crippen LogP contribution in [0.15, 0.2) is 58.6 Å². The van der Waals surface area contributed by atoms with Crippen molar-refractivity contribution in [3.8, 4) is 5.75 Å². The maximum absolute atomic E-state index is 11.9. The highest BCUT2D eigenvalue weighted by Gasteiger charge is 2.16. The number of hydrogen-bond acceptors (Lipinski definition) is 5. The Kier molecular flexibility index (Phi) is 4.44. The van der Waals surface area contributed by atoms with Crippen LogP contribution < -0.4 is 4.74 Å². The van der Waals surface area contributed by atoms with Gasteiger partial charge in [0.2, 0.25) is 9.84 Å². The second kappa shape index (κ2) is 6.08. The molecule has 2 aromatic rings. The van der Waals surface area contributed by atoms with E-state index in [4.69, 9.17) is 4.74 Å². The van der Waals surface area contributed by atoms with E-state index in [0.717, 1.165) is 4.90 Å². The Bertz CT molecular complexity index is 625. The van der Waals surface area contributed by atoms with Crippen LogP contribution in [0.25, 0.3) is 0 Å². The third kappa shape index (κ3) is 3.71. The minimum Gasteiger partial charge on any atom is -0.477 e. The predicted molar refractivity (Wildman–Crippen MR) is 75.1 cm³/mol. The van der Waals surface area contributed by atoms with Crippen molar-refractivity contribution in [2.75, 3.05) is 12.2 Å². The van der Waals surface area contributed by atoms with Gasteiger partial charge in [0.1, 0.15) is 5.75 Å². The summed E-state index contributed by atoms with van der Waals surface area (Å²) in [5, 5.41) is 0.0238. The SMILES string of the molecule is CSc1ccc(OCS(=O)(=O)c2ccccn2)cc1. The van der Waals surface area contributed by atoms with Crippen LogP contribution in [0.1, 0.15) is 0 Å². The number of rotatable bonds is 5. The van der Waals surface area contributed by atoms with Gasteiger partial charge in [-0.25, -0.2) is 13.4 Å². The Labute approximate surface area is 116 Å². The number of sulfone groups is 1. The van der Waals surface area contributed by atoms with Crippen LogP contribution in [0.2, 0.25) is 0 Å². The maximum atomic E-state index is 11.9. The Morgan fingerprint density at radius 3 is 2.47 bits per heavy atom. The van der Waals surface area contributed by atoms with Gasteiger partial charge in [-0.3, -0.25) is 0 Å². The van der Waals surface area contributed by atoms with Crippen LogP contribution in [0.3, 0.4) is 0 Å². The Hall–Kier alpha value is -1.53. The van der Waals surface area contributed by atoms with E-state index >= 15 is 0 Å². The van der Waals surface area contributed by atoms with Crippen LogP contribution in [-0.2, 0) is 9.84 Å². The molecule has 19 heavy (non-hydrogen) atoms. The number of benzene rings is 1. The van der Waals surface area contributed by atoms with Crippen molar-refractivity contribution >= 4 is 21.6 Å². The molecule has 0 amide bonds. The van der Waals surface area contributed by atoms with Gasteiger partial charge in [-0.15, -0.1) is 11.8 Å². The van der Waals surface area contributed by atoms with E-state index in [-0.39, 0.29) is 5.03 Å². The fourth-order valence-electron chi connectivity index (χ4n) is 1.41. The fraction of sp³-hybridized carbons (Fsp3) is 0.154. The lowest BCUT2D eigenvalue weighted by molar-refractivity contribution is 0.376. The van der Waals surface area contributed by atoms with E-state index in [1.165, 1.54) is 12.3 Å². The molecule has 4 nitrogen and oxygen atoms in total. The molecule has 0 atom stereocenters. The van der Waals surface area contributed by atoms with E-state index in [1.54, 1.807) is 36.0 Å². The molecule has 0 saturated heterocycles. The summed E-state index contributed by atoms with van der Waals surface area (Å²) in [5.74, 6) is 0.111. The van der Waals surface area contributed by atoms with Crippen molar-refractivity contribution in [1.29, 1.82) is 0 Å². The van der Waals surface area contributed by atoms with Crippen molar-refractivity contribution in [3.63, 3.8) is 0 Å². The smallest absolute Gasteiger partial charge is 0.230 e. The molecule has 0 unspecified atom stereocenters. The second-order valence-corrected chi connectivity index (χ2v) is 6.48. The summed E-state index contributed by atoms with van der Waals surface area (Å²) in [6.07, 6.45) is 3.42. The maximum Gasteiger partial charge on any atom is 0.230 e. The summed E-state index contributed by atoms with van der Waals surface area (Å²) in [5.41, 5.74) is 0. The number of hydrogen-bond donors (Lipinski definition) is 0. The minimum atomic E-state index is -3.51.